The molecule has 3 rings (SSSR count). The average molecular weight is 412 g/mol. The third-order valence-corrected chi connectivity index (χ3v) is 4.34. The number of anilines is 3. The minimum absolute atomic E-state index is 0.0728. The summed E-state index contributed by atoms with van der Waals surface area (Å²) in [5, 5.41) is 8.27. The van der Waals surface area contributed by atoms with Crippen LogP contribution in [0.1, 0.15) is 5.56 Å². The van der Waals surface area contributed by atoms with E-state index in [0.717, 1.165) is 12.1 Å². The van der Waals surface area contributed by atoms with E-state index in [1.54, 1.807) is 25.2 Å². The highest BCUT2D eigenvalue weighted by Crippen LogP contribution is 2.36. The summed E-state index contributed by atoms with van der Waals surface area (Å²) >= 11 is 5.57. The summed E-state index contributed by atoms with van der Waals surface area (Å²) in [7, 11) is 1.56. The van der Waals surface area contributed by atoms with Gasteiger partial charge in [-0.1, -0.05) is 23.7 Å². The molecule has 0 aliphatic carbocycles. The summed E-state index contributed by atoms with van der Waals surface area (Å²) in [5.74, 6) is -0.447. The van der Waals surface area contributed by atoms with Gasteiger partial charge in [-0.05, 0) is 41.8 Å². The molecular formula is C19H14ClF4N3O. The average Bonchev–Trinajstić information content (AvgIpc) is 2.62. The number of rotatable bonds is 3. The zero-order valence-electron chi connectivity index (χ0n) is 14.4. The van der Waals surface area contributed by atoms with Crippen molar-refractivity contribution in [2.45, 2.75) is 6.18 Å². The minimum atomic E-state index is -4.64. The van der Waals surface area contributed by atoms with Gasteiger partial charge in [0.25, 0.3) is 0 Å². The SMILES string of the molecule is CNc1cc2c(NC(=O)Nc3ccc(Cl)c(C(F)(F)F)c3)cccc2cc1F. The number of hydrogen-bond donors (Lipinski definition) is 3. The second-order valence-electron chi connectivity index (χ2n) is 5.88. The highest BCUT2D eigenvalue weighted by Gasteiger charge is 2.33. The van der Waals surface area contributed by atoms with Crippen LogP contribution in [0.15, 0.2) is 48.5 Å². The van der Waals surface area contributed by atoms with Crippen LogP contribution in [0.2, 0.25) is 5.02 Å². The van der Waals surface area contributed by atoms with Gasteiger partial charge in [0, 0.05) is 18.1 Å². The Hall–Kier alpha value is -3.00. The van der Waals surface area contributed by atoms with Crippen LogP contribution in [0.5, 0.6) is 0 Å². The van der Waals surface area contributed by atoms with Crippen molar-refractivity contribution in [1.82, 2.24) is 0 Å². The fraction of sp³-hybridized carbons (Fsp3) is 0.105. The molecule has 0 unspecified atom stereocenters. The smallest absolute Gasteiger partial charge is 0.386 e. The number of alkyl halides is 3. The molecule has 9 heteroatoms. The molecule has 0 saturated carbocycles. The molecule has 0 spiro atoms. The highest BCUT2D eigenvalue weighted by molar-refractivity contribution is 6.31. The predicted molar refractivity (Wildman–Crippen MR) is 103 cm³/mol. The van der Waals surface area contributed by atoms with Crippen molar-refractivity contribution in [1.29, 1.82) is 0 Å². The van der Waals surface area contributed by atoms with E-state index >= 15 is 0 Å². The third-order valence-electron chi connectivity index (χ3n) is 4.02. The Morgan fingerprint density at radius 1 is 1.00 bits per heavy atom. The second kappa shape index (κ2) is 7.55. The summed E-state index contributed by atoms with van der Waals surface area (Å²) in [6.07, 6.45) is -4.64. The number of urea groups is 1. The van der Waals surface area contributed by atoms with Gasteiger partial charge in [0.15, 0.2) is 0 Å². The molecule has 0 fully saturated rings. The van der Waals surface area contributed by atoms with Gasteiger partial charge in [-0.3, -0.25) is 0 Å². The van der Waals surface area contributed by atoms with E-state index < -0.39 is 28.6 Å². The number of benzene rings is 3. The Labute approximate surface area is 162 Å². The summed E-state index contributed by atoms with van der Waals surface area (Å²) in [6, 6.07) is 10.1. The van der Waals surface area contributed by atoms with Gasteiger partial charge in [-0.2, -0.15) is 13.2 Å². The summed E-state index contributed by atoms with van der Waals surface area (Å²) in [5.41, 5.74) is -0.506. The lowest BCUT2D eigenvalue weighted by atomic mass is 10.1. The molecule has 0 atom stereocenters. The minimum Gasteiger partial charge on any atom is -0.386 e. The number of hydrogen-bond acceptors (Lipinski definition) is 2. The summed E-state index contributed by atoms with van der Waals surface area (Å²) < 4.78 is 52.7. The monoisotopic (exact) mass is 411 g/mol. The van der Waals surface area contributed by atoms with E-state index in [-0.39, 0.29) is 11.4 Å². The Bertz CT molecular complexity index is 1050. The molecule has 0 aromatic heterocycles. The van der Waals surface area contributed by atoms with Gasteiger partial charge in [0.2, 0.25) is 0 Å². The maximum Gasteiger partial charge on any atom is 0.417 e. The fourth-order valence-electron chi connectivity index (χ4n) is 2.70. The largest absolute Gasteiger partial charge is 0.417 e. The first kappa shape index (κ1) is 19.8. The Balaban J connectivity index is 1.86. The van der Waals surface area contributed by atoms with E-state index in [9.17, 15) is 22.4 Å². The maximum atomic E-state index is 13.9. The normalized spacial score (nSPS) is 11.4. The van der Waals surface area contributed by atoms with Gasteiger partial charge in [0.05, 0.1) is 22.0 Å². The van der Waals surface area contributed by atoms with Crippen LogP contribution in [-0.4, -0.2) is 13.1 Å². The van der Waals surface area contributed by atoms with Crippen molar-refractivity contribution in [2.75, 3.05) is 23.0 Å². The van der Waals surface area contributed by atoms with Crippen LogP contribution in [0.3, 0.4) is 0 Å². The summed E-state index contributed by atoms with van der Waals surface area (Å²) in [4.78, 5) is 12.3. The third kappa shape index (κ3) is 4.12. The topological polar surface area (TPSA) is 53.2 Å². The van der Waals surface area contributed by atoms with Crippen molar-refractivity contribution < 1.29 is 22.4 Å². The number of halogens is 5. The Morgan fingerprint density at radius 2 is 1.75 bits per heavy atom. The molecule has 0 bridgehead atoms. The van der Waals surface area contributed by atoms with Gasteiger partial charge in [-0.15, -0.1) is 0 Å². The van der Waals surface area contributed by atoms with Gasteiger partial charge in [-0.25, -0.2) is 9.18 Å². The van der Waals surface area contributed by atoms with Crippen molar-refractivity contribution in [3.8, 4) is 0 Å². The van der Waals surface area contributed by atoms with E-state index in [1.165, 1.54) is 18.2 Å². The molecule has 0 saturated heterocycles. The lowest BCUT2D eigenvalue weighted by Crippen LogP contribution is -2.20. The number of fused-ring (bicyclic) bond motifs is 1. The van der Waals surface area contributed by atoms with E-state index in [1.807, 2.05) is 0 Å². The number of nitrogens with one attached hydrogen (secondary N) is 3. The van der Waals surface area contributed by atoms with Crippen LogP contribution in [0.4, 0.5) is 39.4 Å². The van der Waals surface area contributed by atoms with E-state index in [4.69, 9.17) is 11.6 Å². The number of carbonyl (C=O) groups excluding carboxylic acids is 1. The molecule has 0 aliphatic rings. The first-order chi connectivity index (χ1) is 13.2. The first-order valence-corrected chi connectivity index (χ1v) is 8.41. The van der Waals surface area contributed by atoms with Crippen molar-refractivity contribution in [3.05, 3.63) is 64.9 Å². The van der Waals surface area contributed by atoms with Crippen LogP contribution in [0, 0.1) is 5.82 Å². The van der Waals surface area contributed by atoms with Crippen molar-refractivity contribution in [2.24, 2.45) is 0 Å². The van der Waals surface area contributed by atoms with Crippen LogP contribution >= 0.6 is 11.6 Å². The molecular weight excluding hydrogens is 398 g/mol. The number of carbonyl (C=O) groups is 1. The maximum absolute atomic E-state index is 13.9. The van der Waals surface area contributed by atoms with Gasteiger partial charge >= 0.3 is 12.2 Å². The highest BCUT2D eigenvalue weighted by atomic mass is 35.5. The van der Waals surface area contributed by atoms with Crippen LogP contribution in [-0.2, 0) is 6.18 Å². The van der Waals surface area contributed by atoms with Crippen LogP contribution in [0.25, 0.3) is 10.8 Å². The molecule has 4 nitrogen and oxygen atoms in total. The van der Waals surface area contributed by atoms with Crippen LogP contribution < -0.4 is 16.0 Å². The summed E-state index contributed by atoms with van der Waals surface area (Å²) in [6.45, 7) is 0. The lowest BCUT2D eigenvalue weighted by molar-refractivity contribution is -0.137. The fourth-order valence-corrected chi connectivity index (χ4v) is 2.93. The second-order valence-corrected chi connectivity index (χ2v) is 6.29. The molecule has 2 amide bonds. The Kier molecular flexibility index (Phi) is 5.33. The zero-order chi connectivity index (χ0) is 20.5. The molecule has 3 N–H and O–H groups in total. The first-order valence-electron chi connectivity index (χ1n) is 8.04. The molecule has 0 heterocycles. The predicted octanol–water partition coefficient (Wildman–Crippen LogP) is 6.34. The number of amides is 2. The molecule has 0 aliphatic heterocycles. The quantitative estimate of drug-likeness (QED) is 0.441. The zero-order valence-corrected chi connectivity index (χ0v) is 15.2. The van der Waals surface area contributed by atoms with Crippen molar-refractivity contribution in [3.63, 3.8) is 0 Å². The van der Waals surface area contributed by atoms with E-state index in [2.05, 4.69) is 16.0 Å². The lowest BCUT2D eigenvalue weighted by Gasteiger charge is -2.14. The molecule has 28 heavy (non-hydrogen) atoms. The molecule has 3 aromatic carbocycles. The molecule has 3 aromatic rings. The molecule has 0 radical (unpaired) electrons. The standard InChI is InChI=1S/C19H14ClF4N3O/c1-25-17-9-12-10(7-15(17)21)3-2-4-16(12)27-18(28)26-11-5-6-14(20)13(8-11)19(22,23)24/h2-9,25H,1H3,(H2,26,27,28). The van der Waals surface area contributed by atoms with Crippen molar-refractivity contribution >= 4 is 45.5 Å². The Morgan fingerprint density at radius 3 is 2.43 bits per heavy atom. The molecule has 146 valence electrons. The van der Waals surface area contributed by atoms with Gasteiger partial charge in [0.1, 0.15) is 5.82 Å². The van der Waals surface area contributed by atoms with E-state index in [0.29, 0.717) is 16.5 Å². The van der Waals surface area contributed by atoms with Gasteiger partial charge < -0.3 is 16.0 Å².